The maximum atomic E-state index is 5.96. The topological polar surface area (TPSA) is 46.5 Å². The fraction of sp³-hybridized carbons (Fsp3) is 0.158. The Morgan fingerprint density at radius 3 is 2.58 bits per heavy atom. The third kappa shape index (κ3) is 2.37. The molecule has 1 aliphatic rings. The largest absolute Gasteiger partial charge is 0.375 e. The average Bonchev–Trinajstić information content (AvgIpc) is 3.18. The van der Waals surface area contributed by atoms with Crippen LogP contribution in [0.25, 0.3) is 10.9 Å². The van der Waals surface area contributed by atoms with Crippen molar-refractivity contribution in [2.24, 2.45) is 17.9 Å². The third-order valence-corrected chi connectivity index (χ3v) is 4.72. The Hall–Kier alpha value is -2.66. The Morgan fingerprint density at radius 2 is 1.83 bits per heavy atom. The van der Waals surface area contributed by atoms with Crippen molar-refractivity contribution in [2.75, 3.05) is 0 Å². The lowest BCUT2D eigenvalue weighted by atomic mass is 9.98. The van der Waals surface area contributed by atoms with Crippen molar-refractivity contribution in [3.05, 3.63) is 71.9 Å². The maximum absolute atomic E-state index is 5.96. The fourth-order valence-electron chi connectivity index (χ4n) is 3.40. The van der Waals surface area contributed by atoms with E-state index in [0.29, 0.717) is 5.11 Å². The van der Waals surface area contributed by atoms with Crippen LogP contribution in [0.1, 0.15) is 23.6 Å². The summed E-state index contributed by atoms with van der Waals surface area (Å²) in [7, 11) is 2.06. The lowest BCUT2D eigenvalue weighted by Crippen LogP contribution is -2.31. The molecule has 5 heteroatoms. The van der Waals surface area contributed by atoms with Crippen molar-refractivity contribution in [1.82, 2.24) is 9.58 Å². The highest BCUT2D eigenvalue weighted by molar-refractivity contribution is 7.80. The van der Waals surface area contributed by atoms with E-state index >= 15 is 0 Å². The summed E-state index contributed by atoms with van der Waals surface area (Å²) < 4.78 is 2.14. The normalized spacial score (nSPS) is 17.3. The number of fused-ring (bicyclic) bond motifs is 1. The molecular weight excluding hydrogens is 316 g/mol. The molecule has 2 aromatic carbocycles. The van der Waals surface area contributed by atoms with Crippen LogP contribution in [0, 0.1) is 0 Å². The first-order valence-corrected chi connectivity index (χ1v) is 8.31. The lowest BCUT2D eigenvalue weighted by molar-refractivity contribution is 0.374. The zero-order valence-electron chi connectivity index (χ0n) is 13.4. The minimum atomic E-state index is 0.0313. The minimum Gasteiger partial charge on any atom is -0.375 e. The number of hydrazone groups is 1. The molecule has 4 rings (SSSR count). The fourth-order valence-corrected chi connectivity index (χ4v) is 3.57. The summed E-state index contributed by atoms with van der Waals surface area (Å²) >= 11 is 5.25. The van der Waals surface area contributed by atoms with Crippen LogP contribution in [0.15, 0.2) is 65.9 Å². The van der Waals surface area contributed by atoms with E-state index in [9.17, 15) is 0 Å². The van der Waals surface area contributed by atoms with Gasteiger partial charge in [0.05, 0.1) is 11.8 Å². The van der Waals surface area contributed by atoms with Gasteiger partial charge in [-0.3, -0.25) is 0 Å². The van der Waals surface area contributed by atoms with Crippen LogP contribution in [0.5, 0.6) is 0 Å². The maximum Gasteiger partial charge on any atom is 0.187 e. The molecule has 2 N–H and O–H groups in total. The second kappa shape index (κ2) is 5.76. The zero-order chi connectivity index (χ0) is 16.7. The first-order valence-electron chi connectivity index (χ1n) is 7.90. The number of aryl methyl sites for hydroxylation is 1. The van der Waals surface area contributed by atoms with Crippen molar-refractivity contribution in [3.63, 3.8) is 0 Å². The van der Waals surface area contributed by atoms with Gasteiger partial charge in [0, 0.05) is 36.1 Å². The minimum absolute atomic E-state index is 0.0313. The highest BCUT2D eigenvalue weighted by Gasteiger charge is 2.32. The van der Waals surface area contributed by atoms with Crippen molar-refractivity contribution in [2.45, 2.75) is 12.5 Å². The molecule has 0 bridgehead atoms. The van der Waals surface area contributed by atoms with Crippen molar-refractivity contribution >= 4 is 33.9 Å². The van der Waals surface area contributed by atoms with E-state index in [4.69, 9.17) is 23.1 Å². The lowest BCUT2D eigenvalue weighted by Gasteiger charge is -2.21. The molecule has 0 aliphatic carbocycles. The quantitative estimate of drug-likeness (QED) is 0.729. The standard InChI is InChI=1S/C19H18N4S/c1-22-12-15(14-9-5-6-10-17(14)22)18-11-16(21-23(18)19(20)24)13-7-3-2-4-8-13/h2-10,12,18H,11H2,1H3,(H2,20,24). The molecule has 24 heavy (non-hydrogen) atoms. The van der Waals surface area contributed by atoms with Gasteiger partial charge in [-0.1, -0.05) is 48.5 Å². The molecule has 0 saturated carbocycles. The molecule has 1 unspecified atom stereocenters. The smallest absolute Gasteiger partial charge is 0.187 e. The highest BCUT2D eigenvalue weighted by atomic mass is 32.1. The number of thiocarbonyl (C=S) groups is 1. The van der Waals surface area contributed by atoms with Gasteiger partial charge in [-0.15, -0.1) is 0 Å². The molecule has 1 aromatic heterocycles. The number of hydrogen-bond donors (Lipinski definition) is 1. The van der Waals surface area contributed by atoms with Crippen LogP contribution < -0.4 is 5.73 Å². The summed E-state index contributed by atoms with van der Waals surface area (Å²) in [6.45, 7) is 0. The summed E-state index contributed by atoms with van der Waals surface area (Å²) in [6, 6.07) is 18.6. The van der Waals surface area contributed by atoms with E-state index in [1.165, 1.54) is 16.5 Å². The molecule has 4 nitrogen and oxygen atoms in total. The van der Waals surface area contributed by atoms with Crippen LogP contribution >= 0.6 is 12.2 Å². The van der Waals surface area contributed by atoms with E-state index in [1.807, 2.05) is 18.2 Å². The SMILES string of the molecule is Cn1cc(C2CC(c3ccccc3)=NN2C(N)=S)c2ccccc21. The molecule has 0 fully saturated rings. The Bertz CT molecular complexity index is 942. The predicted octanol–water partition coefficient (Wildman–Crippen LogP) is 3.57. The van der Waals surface area contributed by atoms with Crippen molar-refractivity contribution in [3.8, 4) is 0 Å². The van der Waals surface area contributed by atoms with Crippen LogP contribution in [0.4, 0.5) is 0 Å². The molecular formula is C19H18N4S. The van der Waals surface area contributed by atoms with Gasteiger partial charge in [-0.05, 0) is 23.8 Å². The van der Waals surface area contributed by atoms with Gasteiger partial charge in [0.15, 0.2) is 5.11 Å². The number of hydrogen-bond acceptors (Lipinski definition) is 2. The van der Waals surface area contributed by atoms with Crippen LogP contribution in [-0.2, 0) is 7.05 Å². The Kier molecular flexibility index (Phi) is 3.58. The van der Waals surface area contributed by atoms with Crippen LogP contribution in [0.2, 0.25) is 0 Å². The van der Waals surface area contributed by atoms with Gasteiger partial charge >= 0.3 is 0 Å². The summed E-state index contributed by atoms with van der Waals surface area (Å²) in [6.07, 6.45) is 2.94. The van der Waals surface area contributed by atoms with Crippen LogP contribution in [0.3, 0.4) is 0 Å². The summed E-state index contributed by atoms with van der Waals surface area (Å²) in [5.74, 6) is 0. The Labute approximate surface area is 146 Å². The molecule has 2 heterocycles. The van der Waals surface area contributed by atoms with Gasteiger partial charge in [0.25, 0.3) is 0 Å². The molecule has 0 amide bonds. The van der Waals surface area contributed by atoms with Crippen molar-refractivity contribution in [1.29, 1.82) is 0 Å². The van der Waals surface area contributed by atoms with E-state index in [-0.39, 0.29) is 6.04 Å². The van der Waals surface area contributed by atoms with Gasteiger partial charge < -0.3 is 10.3 Å². The second-order valence-corrected chi connectivity index (χ2v) is 6.45. The third-order valence-electron chi connectivity index (χ3n) is 4.53. The molecule has 1 aliphatic heterocycles. The molecule has 0 spiro atoms. The first-order chi connectivity index (χ1) is 11.6. The number of benzene rings is 2. The number of rotatable bonds is 2. The van der Waals surface area contributed by atoms with Gasteiger partial charge in [-0.2, -0.15) is 5.10 Å². The van der Waals surface area contributed by atoms with Gasteiger partial charge in [-0.25, -0.2) is 5.01 Å². The van der Waals surface area contributed by atoms with Crippen LogP contribution in [-0.4, -0.2) is 20.4 Å². The number of para-hydroxylation sites is 1. The summed E-state index contributed by atoms with van der Waals surface area (Å²) in [5, 5.41) is 8.01. The molecule has 3 aromatic rings. The van der Waals surface area contributed by atoms with E-state index < -0.39 is 0 Å². The van der Waals surface area contributed by atoms with Crippen molar-refractivity contribution < 1.29 is 0 Å². The molecule has 120 valence electrons. The van der Waals surface area contributed by atoms with Gasteiger partial charge in [0.2, 0.25) is 0 Å². The summed E-state index contributed by atoms with van der Waals surface area (Å²) in [5.41, 5.74) is 10.5. The highest BCUT2D eigenvalue weighted by Crippen LogP contribution is 2.36. The summed E-state index contributed by atoms with van der Waals surface area (Å²) in [4.78, 5) is 0. The van der Waals surface area contributed by atoms with Gasteiger partial charge in [0.1, 0.15) is 0 Å². The zero-order valence-corrected chi connectivity index (χ0v) is 14.2. The first kappa shape index (κ1) is 14.9. The monoisotopic (exact) mass is 334 g/mol. The molecule has 0 radical (unpaired) electrons. The Balaban J connectivity index is 1.79. The second-order valence-electron chi connectivity index (χ2n) is 6.03. The Morgan fingerprint density at radius 1 is 1.12 bits per heavy atom. The molecule has 0 saturated heterocycles. The van der Waals surface area contributed by atoms with E-state index in [0.717, 1.165) is 17.7 Å². The average molecular weight is 334 g/mol. The predicted molar refractivity (Wildman–Crippen MR) is 102 cm³/mol. The number of nitrogens with two attached hydrogens (primary N) is 1. The molecule has 1 atom stereocenters. The van der Waals surface area contributed by atoms with E-state index in [1.54, 1.807) is 5.01 Å². The number of nitrogens with zero attached hydrogens (tertiary/aromatic N) is 3. The van der Waals surface area contributed by atoms with E-state index in [2.05, 4.69) is 54.2 Å². The number of aromatic nitrogens is 1.